The number of carbonyl (C=O) groups is 2. The van der Waals surface area contributed by atoms with Crippen molar-refractivity contribution in [2.45, 2.75) is 13.3 Å². The van der Waals surface area contributed by atoms with E-state index in [-0.39, 0.29) is 6.42 Å². The third-order valence-electron chi connectivity index (χ3n) is 0.777. The average molecular weight is 128 g/mol. The summed E-state index contributed by atoms with van der Waals surface area (Å²) in [6.45, 7) is 1.73. The van der Waals surface area contributed by atoms with Crippen molar-refractivity contribution in [1.82, 2.24) is 0 Å². The Kier molecular flexibility index (Phi) is 3.35. The van der Waals surface area contributed by atoms with E-state index in [4.69, 9.17) is 5.11 Å². The van der Waals surface area contributed by atoms with Gasteiger partial charge in [0.25, 0.3) is 0 Å². The number of ketones is 1. The summed E-state index contributed by atoms with van der Waals surface area (Å²) >= 11 is 0. The molecule has 0 amide bonds. The predicted molar refractivity (Wildman–Crippen MR) is 32.1 cm³/mol. The van der Waals surface area contributed by atoms with E-state index in [0.717, 1.165) is 0 Å². The van der Waals surface area contributed by atoms with Crippen molar-refractivity contribution in [3.63, 3.8) is 0 Å². The van der Waals surface area contributed by atoms with Crippen LogP contribution in [0.4, 0.5) is 0 Å². The lowest BCUT2D eigenvalue weighted by molar-refractivity contribution is -0.148. The molecule has 1 N–H and O–H groups in total. The number of hydrogen-bond acceptors (Lipinski definition) is 2. The zero-order valence-corrected chi connectivity index (χ0v) is 5.13. The summed E-state index contributed by atoms with van der Waals surface area (Å²) in [7, 11) is 0. The number of carboxylic acids is 1. The quantitative estimate of drug-likeness (QED) is 0.447. The molecule has 3 heteroatoms. The highest BCUT2D eigenvalue weighted by molar-refractivity contribution is 6.33. The number of Topliss-reactive ketones (excluding diaryl/α,β-unsaturated/α-hetero) is 1. The number of carbonyl (C=O) groups excluding carboxylic acids is 1. The molecule has 0 heterocycles. The molecule has 0 atom stereocenters. The average Bonchev–Trinajstić information content (AvgIpc) is 1.82. The molecule has 0 fully saturated rings. The van der Waals surface area contributed by atoms with Crippen molar-refractivity contribution in [2.75, 3.05) is 0 Å². The summed E-state index contributed by atoms with van der Waals surface area (Å²) in [5, 5.41) is 8.03. The third kappa shape index (κ3) is 3.46. The zero-order chi connectivity index (χ0) is 7.28. The lowest BCUT2D eigenvalue weighted by Crippen LogP contribution is -2.10. The van der Waals surface area contributed by atoms with Crippen LogP contribution in [0.5, 0.6) is 0 Å². The second kappa shape index (κ2) is 3.83. The van der Waals surface area contributed by atoms with Gasteiger partial charge in [-0.2, -0.15) is 0 Å². The zero-order valence-electron chi connectivity index (χ0n) is 5.13. The third-order valence-corrected chi connectivity index (χ3v) is 0.777. The summed E-state index contributed by atoms with van der Waals surface area (Å²) in [6, 6.07) is 0. The van der Waals surface area contributed by atoms with Crippen LogP contribution in [-0.2, 0) is 9.59 Å². The van der Waals surface area contributed by atoms with Crippen LogP contribution in [0.3, 0.4) is 0 Å². The molecule has 0 spiro atoms. The number of hydrogen-bond donors (Lipinski definition) is 1. The first kappa shape index (κ1) is 7.88. The first-order valence-electron chi connectivity index (χ1n) is 2.55. The van der Waals surface area contributed by atoms with Gasteiger partial charge in [0, 0.05) is 6.42 Å². The Balaban J connectivity index is 3.65. The second-order valence-corrected chi connectivity index (χ2v) is 1.50. The molecule has 0 aromatic heterocycles. The maximum absolute atomic E-state index is 10.3. The van der Waals surface area contributed by atoms with E-state index in [0.29, 0.717) is 0 Å². The molecule has 0 aromatic carbocycles. The molecule has 0 unspecified atom stereocenters. The van der Waals surface area contributed by atoms with Gasteiger partial charge in [0.05, 0.1) is 0 Å². The van der Waals surface area contributed by atoms with Crippen LogP contribution in [0, 0.1) is 0 Å². The molecular formula is C6H8O3. The SMILES string of the molecule is C/C=C/CC(=O)C(=O)O. The van der Waals surface area contributed by atoms with Gasteiger partial charge in [-0.15, -0.1) is 0 Å². The highest BCUT2D eigenvalue weighted by Crippen LogP contribution is 1.84. The van der Waals surface area contributed by atoms with Gasteiger partial charge in [-0.1, -0.05) is 12.2 Å². The summed E-state index contributed by atoms with van der Waals surface area (Å²) in [5.74, 6) is -2.14. The van der Waals surface area contributed by atoms with Gasteiger partial charge in [0.1, 0.15) is 0 Å². The van der Waals surface area contributed by atoms with Crippen molar-refractivity contribution in [3.05, 3.63) is 12.2 Å². The topological polar surface area (TPSA) is 54.4 Å². The van der Waals surface area contributed by atoms with Gasteiger partial charge >= 0.3 is 5.97 Å². The molecule has 0 rings (SSSR count). The maximum atomic E-state index is 10.3. The van der Waals surface area contributed by atoms with Gasteiger partial charge < -0.3 is 5.11 Å². The van der Waals surface area contributed by atoms with Crippen LogP contribution in [0.1, 0.15) is 13.3 Å². The fraction of sp³-hybridized carbons (Fsp3) is 0.333. The fourth-order valence-corrected chi connectivity index (χ4v) is 0.312. The van der Waals surface area contributed by atoms with Crippen molar-refractivity contribution < 1.29 is 14.7 Å². The second-order valence-electron chi connectivity index (χ2n) is 1.50. The highest BCUT2D eigenvalue weighted by atomic mass is 16.4. The van der Waals surface area contributed by atoms with Crippen molar-refractivity contribution in [2.24, 2.45) is 0 Å². The van der Waals surface area contributed by atoms with Gasteiger partial charge in [-0.3, -0.25) is 4.79 Å². The Bertz CT molecular complexity index is 146. The number of aliphatic carboxylic acids is 1. The Morgan fingerprint density at radius 3 is 2.44 bits per heavy atom. The summed E-state index contributed by atoms with van der Waals surface area (Å²) in [4.78, 5) is 20.1. The maximum Gasteiger partial charge on any atom is 0.372 e. The van der Waals surface area contributed by atoms with E-state index in [1.54, 1.807) is 13.0 Å². The first-order chi connectivity index (χ1) is 4.18. The molecule has 0 aromatic rings. The molecule has 0 aliphatic heterocycles. The van der Waals surface area contributed by atoms with E-state index in [1.165, 1.54) is 6.08 Å². The summed E-state index contributed by atoms with van der Waals surface area (Å²) in [5.41, 5.74) is 0. The largest absolute Gasteiger partial charge is 0.475 e. The molecule has 50 valence electrons. The molecule has 0 saturated heterocycles. The van der Waals surface area contributed by atoms with E-state index >= 15 is 0 Å². The minimum atomic E-state index is -1.37. The number of rotatable bonds is 3. The van der Waals surface area contributed by atoms with E-state index in [2.05, 4.69) is 0 Å². The van der Waals surface area contributed by atoms with Crippen LogP contribution in [0.15, 0.2) is 12.2 Å². The lowest BCUT2D eigenvalue weighted by Gasteiger charge is -1.83. The smallest absolute Gasteiger partial charge is 0.372 e. The number of carboxylic acid groups (broad SMARTS) is 1. The molecule has 3 nitrogen and oxygen atoms in total. The highest BCUT2D eigenvalue weighted by Gasteiger charge is 2.06. The van der Waals surface area contributed by atoms with Gasteiger partial charge in [-0.05, 0) is 6.92 Å². The lowest BCUT2D eigenvalue weighted by atomic mass is 10.3. The van der Waals surface area contributed by atoms with Crippen molar-refractivity contribution in [3.8, 4) is 0 Å². The molecule has 0 bridgehead atoms. The molecular weight excluding hydrogens is 120 g/mol. The normalized spacial score (nSPS) is 9.89. The van der Waals surface area contributed by atoms with Gasteiger partial charge in [-0.25, -0.2) is 4.79 Å². The summed E-state index contributed by atoms with van der Waals surface area (Å²) in [6.07, 6.45) is 3.14. The van der Waals surface area contributed by atoms with Gasteiger partial charge in [0.15, 0.2) is 0 Å². The molecule has 9 heavy (non-hydrogen) atoms. The fourth-order valence-electron chi connectivity index (χ4n) is 0.312. The molecule has 0 saturated carbocycles. The van der Waals surface area contributed by atoms with E-state index in [1.807, 2.05) is 0 Å². The Morgan fingerprint density at radius 1 is 1.56 bits per heavy atom. The Morgan fingerprint density at radius 2 is 2.11 bits per heavy atom. The monoisotopic (exact) mass is 128 g/mol. The Hall–Kier alpha value is -1.12. The number of allylic oxidation sites excluding steroid dienone is 2. The minimum absolute atomic E-state index is 0.00810. The Labute approximate surface area is 53.0 Å². The van der Waals surface area contributed by atoms with Crippen LogP contribution >= 0.6 is 0 Å². The molecule has 0 radical (unpaired) electrons. The van der Waals surface area contributed by atoms with E-state index in [9.17, 15) is 9.59 Å². The van der Waals surface area contributed by atoms with Crippen LogP contribution < -0.4 is 0 Å². The molecule has 0 aliphatic carbocycles. The van der Waals surface area contributed by atoms with Crippen LogP contribution in [0.25, 0.3) is 0 Å². The standard InChI is InChI=1S/C6H8O3/c1-2-3-4-5(7)6(8)9/h2-3H,4H2,1H3,(H,8,9)/b3-2+. The summed E-state index contributed by atoms with van der Waals surface area (Å²) < 4.78 is 0. The van der Waals surface area contributed by atoms with Gasteiger partial charge in [0.2, 0.25) is 5.78 Å². The molecule has 0 aliphatic rings. The van der Waals surface area contributed by atoms with E-state index < -0.39 is 11.8 Å². The van der Waals surface area contributed by atoms with Crippen molar-refractivity contribution in [1.29, 1.82) is 0 Å². The van der Waals surface area contributed by atoms with Crippen LogP contribution in [0.2, 0.25) is 0 Å². The predicted octanol–water partition coefficient (Wildman–Crippen LogP) is 0.606. The van der Waals surface area contributed by atoms with Crippen LogP contribution in [-0.4, -0.2) is 16.9 Å². The minimum Gasteiger partial charge on any atom is -0.475 e. The van der Waals surface area contributed by atoms with Crippen molar-refractivity contribution >= 4 is 11.8 Å². The first-order valence-corrected chi connectivity index (χ1v) is 2.55.